The van der Waals surface area contributed by atoms with Crippen molar-refractivity contribution >= 4 is 0 Å². The zero-order chi connectivity index (χ0) is 42.9. The minimum absolute atomic E-state index is 0.0712. The summed E-state index contributed by atoms with van der Waals surface area (Å²) in [6.45, 7) is 15.6. The van der Waals surface area contributed by atoms with Gasteiger partial charge in [0.2, 0.25) is 0 Å². The Balaban J connectivity index is 0.761. The second-order valence-electron chi connectivity index (χ2n) is 24.0. The molecule has 0 aromatic heterocycles. The lowest BCUT2D eigenvalue weighted by Gasteiger charge is -2.63. The van der Waals surface area contributed by atoms with Crippen LogP contribution in [-0.2, 0) is 9.47 Å². The largest absolute Gasteiger partial charge is 0.394 e. The van der Waals surface area contributed by atoms with Crippen molar-refractivity contribution in [2.24, 2.45) is 92.7 Å². The minimum Gasteiger partial charge on any atom is -0.394 e. The third-order valence-corrected chi connectivity index (χ3v) is 21.7. The van der Waals surface area contributed by atoms with Crippen LogP contribution < -0.4 is 0 Å². The van der Waals surface area contributed by atoms with Gasteiger partial charge in [0.1, 0.15) is 6.10 Å². The van der Waals surface area contributed by atoms with Crippen molar-refractivity contribution < 1.29 is 45.2 Å². The molecular formula is C51H88O9. The first kappa shape index (κ1) is 46.2. The van der Waals surface area contributed by atoms with E-state index in [1.807, 2.05) is 0 Å². The van der Waals surface area contributed by atoms with Gasteiger partial charge in [-0.2, -0.15) is 0 Å². The molecule has 0 saturated heterocycles. The predicted octanol–water partition coefficient (Wildman–Crippen LogP) is 7.14. The summed E-state index contributed by atoms with van der Waals surface area (Å²) in [7, 11) is 0. The minimum atomic E-state index is -0.371. The number of hydrogen-bond donors (Lipinski definition) is 7. The highest BCUT2D eigenvalue weighted by molar-refractivity contribution is 5.16. The SMILES string of the molecule is C[C@H](CCCOCC(CO)OCCC[C@@H](C)[C@H]1CC[C@H]2[C@@H]3[C@H](O)C[C@@H]4C[C@H](O)CC[C@]4(C)[C@H]3C[C@H](O)[C@]12C)[C@H]1CC[C@H]2[C@@H]3[C@H](O)C[C@@H]4C[C@H](O)CC[C@]4(C)[C@H]3C[C@H](O)[C@]12C. The summed E-state index contributed by atoms with van der Waals surface area (Å²) in [6.07, 6.45) is 14.3. The smallest absolute Gasteiger partial charge is 0.104 e. The van der Waals surface area contributed by atoms with E-state index in [4.69, 9.17) is 9.47 Å². The van der Waals surface area contributed by atoms with Gasteiger partial charge < -0.3 is 45.2 Å². The third-order valence-electron chi connectivity index (χ3n) is 21.7. The fourth-order valence-corrected chi connectivity index (χ4v) is 18.2. The first-order valence-electron chi connectivity index (χ1n) is 25.4. The van der Waals surface area contributed by atoms with Gasteiger partial charge in [-0.1, -0.05) is 41.5 Å². The zero-order valence-corrected chi connectivity index (χ0v) is 38.5. The molecule has 0 aromatic carbocycles. The van der Waals surface area contributed by atoms with E-state index in [1.54, 1.807) is 0 Å². The highest BCUT2D eigenvalue weighted by Crippen LogP contribution is 2.70. The number of hydrogen-bond acceptors (Lipinski definition) is 9. The van der Waals surface area contributed by atoms with Gasteiger partial charge in [0.25, 0.3) is 0 Å². The quantitative estimate of drug-likeness (QED) is 0.0903. The number of aliphatic hydroxyl groups is 7. The second-order valence-corrected chi connectivity index (χ2v) is 24.0. The molecule has 0 aromatic rings. The van der Waals surface area contributed by atoms with Crippen molar-refractivity contribution in [1.29, 1.82) is 0 Å². The van der Waals surface area contributed by atoms with Gasteiger partial charge >= 0.3 is 0 Å². The van der Waals surface area contributed by atoms with Gasteiger partial charge in [0.15, 0.2) is 0 Å². The summed E-state index contributed by atoms with van der Waals surface area (Å²) >= 11 is 0. The van der Waals surface area contributed by atoms with E-state index in [-0.39, 0.29) is 82.8 Å². The van der Waals surface area contributed by atoms with Crippen LogP contribution in [0.15, 0.2) is 0 Å². The van der Waals surface area contributed by atoms with Crippen LogP contribution >= 0.6 is 0 Å². The maximum atomic E-state index is 12.0. The Bertz CT molecular complexity index is 1450. The van der Waals surface area contributed by atoms with Crippen LogP contribution in [-0.4, -0.2) is 105 Å². The van der Waals surface area contributed by atoms with E-state index in [2.05, 4.69) is 41.5 Å². The van der Waals surface area contributed by atoms with Crippen LogP contribution in [0.1, 0.15) is 157 Å². The van der Waals surface area contributed by atoms with Crippen LogP contribution in [0, 0.1) is 92.7 Å². The van der Waals surface area contributed by atoms with Gasteiger partial charge in [-0.25, -0.2) is 0 Å². The molecule has 346 valence electrons. The zero-order valence-electron chi connectivity index (χ0n) is 38.5. The number of ether oxygens (including phenoxy) is 2. The van der Waals surface area contributed by atoms with E-state index >= 15 is 0 Å². The lowest BCUT2D eigenvalue weighted by Crippen LogP contribution is -2.62. The lowest BCUT2D eigenvalue weighted by atomic mass is 9.43. The summed E-state index contributed by atoms with van der Waals surface area (Å²) in [4.78, 5) is 0. The molecule has 9 nitrogen and oxygen atoms in total. The molecule has 8 rings (SSSR count). The van der Waals surface area contributed by atoms with Crippen LogP contribution in [0.25, 0.3) is 0 Å². The average molecular weight is 845 g/mol. The summed E-state index contributed by atoms with van der Waals surface area (Å²) < 4.78 is 12.3. The van der Waals surface area contributed by atoms with E-state index < -0.39 is 0 Å². The Morgan fingerprint density at radius 1 is 0.550 bits per heavy atom. The molecule has 8 fully saturated rings. The molecule has 0 radical (unpaired) electrons. The maximum Gasteiger partial charge on any atom is 0.104 e. The van der Waals surface area contributed by atoms with Gasteiger partial charge in [-0.15, -0.1) is 0 Å². The number of rotatable bonds is 14. The van der Waals surface area contributed by atoms with Gasteiger partial charge in [-0.05, 0) is 208 Å². The highest BCUT2D eigenvalue weighted by Gasteiger charge is 2.67. The Kier molecular flexibility index (Phi) is 13.7. The molecule has 7 N–H and O–H groups in total. The van der Waals surface area contributed by atoms with Crippen molar-refractivity contribution in [3.05, 3.63) is 0 Å². The molecule has 23 atom stereocenters. The van der Waals surface area contributed by atoms with Crippen molar-refractivity contribution in [1.82, 2.24) is 0 Å². The van der Waals surface area contributed by atoms with Crippen LogP contribution in [0.4, 0.5) is 0 Å². The molecular weight excluding hydrogens is 757 g/mol. The lowest BCUT2D eigenvalue weighted by molar-refractivity contribution is -0.207. The summed E-state index contributed by atoms with van der Waals surface area (Å²) in [5.74, 6) is 4.14. The maximum absolute atomic E-state index is 12.0. The standard InChI is InChI=1S/C51H88O9/c1-29(36-11-13-38-46-40(25-44(57)50(36,38)5)48(3)17-15-33(53)21-31(48)23-42(46)55)9-7-19-59-28-35(27-52)60-20-8-10-30(2)37-12-14-39-47-41(26-45(58)51(37,39)6)49(4)18-16-34(54)22-32(49)24-43(47)56/h29-47,52-58H,7-28H2,1-6H3/t29-,30-,31+,32+,33-,34-,35?,36-,37-,38+,39+,40+,41+,42-,43-,44+,45+,46+,47+,48+,49+,50-,51-/m1/s1. The van der Waals surface area contributed by atoms with Gasteiger partial charge in [0, 0.05) is 13.2 Å². The average Bonchev–Trinajstić information content (AvgIpc) is 3.76. The molecule has 60 heavy (non-hydrogen) atoms. The Morgan fingerprint density at radius 2 is 1.00 bits per heavy atom. The molecule has 8 saturated carbocycles. The topological polar surface area (TPSA) is 160 Å². The summed E-state index contributed by atoms with van der Waals surface area (Å²) in [6, 6.07) is 0. The summed E-state index contributed by atoms with van der Waals surface area (Å²) in [5.41, 5.74) is -0.206. The van der Waals surface area contributed by atoms with E-state index in [0.717, 1.165) is 116 Å². The molecule has 0 bridgehead atoms. The number of fused-ring (bicyclic) bond motifs is 10. The molecule has 0 heterocycles. The fourth-order valence-electron chi connectivity index (χ4n) is 18.2. The van der Waals surface area contributed by atoms with Crippen molar-refractivity contribution in [2.45, 2.75) is 200 Å². The monoisotopic (exact) mass is 845 g/mol. The fraction of sp³-hybridized carbons (Fsp3) is 1.00. The predicted molar refractivity (Wildman–Crippen MR) is 232 cm³/mol. The first-order chi connectivity index (χ1) is 28.5. The molecule has 9 heteroatoms. The molecule has 0 spiro atoms. The van der Waals surface area contributed by atoms with Gasteiger partial charge in [-0.3, -0.25) is 0 Å². The Hall–Kier alpha value is -0.360. The van der Waals surface area contributed by atoms with Crippen molar-refractivity contribution in [3.8, 4) is 0 Å². The summed E-state index contributed by atoms with van der Waals surface area (Å²) in [5, 5.41) is 78.2. The van der Waals surface area contributed by atoms with Crippen LogP contribution in [0.2, 0.25) is 0 Å². The Labute approximate surface area is 363 Å². The second kappa shape index (κ2) is 17.8. The third kappa shape index (κ3) is 7.73. The molecule has 1 unspecified atom stereocenters. The van der Waals surface area contributed by atoms with Gasteiger partial charge in [0.05, 0.1) is 49.8 Å². The van der Waals surface area contributed by atoms with Crippen molar-refractivity contribution in [2.75, 3.05) is 26.4 Å². The van der Waals surface area contributed by atoms with Crippen molar-refractivity contribution in [3.63, 3.8) is 0 Å². The highest BCUT2D eigenvalue weighted by atomic mass is 16.5. The normalized spacial score (nSPS) is 52.5. The Morgan fingerprint density at radius 3 is 1.45 bits per heavy atom. The first-order valence-corrected chi connectivity index (χ1v) is 25.4. The van der Waals surface area contributed by atoms with E-state index in [0.29, 0.717) is 79.0 Å². The van der Waals surface area contributed by atoms with Crippen LogP contribution in [0.3, 0.4) is 0 Å². The van der Waals surface area contributed by atoms with Crippen LogP contribution in [0.5, 0.6) is 0 Å². The molecule has 8 aliphatic rings. The molecule has 0 aliphatic heterocycles. The van der Waals surface area contributed by atoms with E-state index in [1.165, 1.54) is 0 Å². The number of aliphatic hydroxyl groups excluding tert-OH is 7. The van der Waals surface area contributed by atoms with E-state index in [9.17, 15) is 35.7 Å². The molecule has 0 amide bonds. The molecule has 8 aliphatic carbocycles.